The van der Waals surface area contributed by atoms with Crippen LogP contribution in [0.15, 0.2) is 0 Å². The molecule has 0 amide bonds. The highest BCUT2D eigenvalue weighted by Gasteiger charge is 1.88. The van der Waals surface area contributed by atoms with Crippen LogP contribution in [0.5, 0.6) is 0 Å². The Hall–Kier alpha value is -0.485. The van der Waals surface area contributed by atoms with Gasteiger partial charge in [0, 0.05) is 0 Å². The van der Waals surface area contributed by atoms with Gasteiger partial charge in [-0.05, 0) is 5.97 Å². The summed E-state index contributed by atoms with van der Waals surface area (Å²) in [6, 6.07) is 0. The van der Waals surface area contributed by atoms with Crippen molar-refractivity contribution in [3.63, 3.8) is 0 Å². The van der Waals surface area contributed by atoms with E-state index in [1.54, 1.807) is 0 Å². The standard InChI is InChI=1S/C4H12N.CBN/c1-5(2,3)4;2-1-3/h1-4H3;/q+1;. The third kappa shape index (κ3) is 478. The lowest BCUT2D eigenvalue weighted by atomic mass is 10.2. The van der Waals surface area contributed by atoms with E-state index in [9.17, 15) is 0 Å². The number of hydrogen-bond acceptors (Lipinski definition) is 1. The van der Waals surface area contributed by atoms with Gasteiger partial charge in [-0.1, -0.05) is 0 Å². The van der Waals surface area contributed by atoms with Crippen LogP contribution in [0.25, 0.3) is 0 Å². The summed E-state index contributed by atoms with van der Waals surface area (Å²) >= 11 is 0. The third-order valence-corrected chi connectivity index (χ3v) is 0. The first-order chi connectivity index (χ1) is 3.41. The van der Waals surface area contributed by atoms with Crippen molar-refractivity contribution in [2.45, 2.75) is 0 Å². The van der Waals surface area contributed by atoms with Crippen LogP contribution in [0.1, 0.15) is 0 Å². The quantitative estimate of drug-likeness (QED) is 0.317. The van der Waals surface area contributed by atoms with Crippen molar-refractivity contribution in [1.29, 1.82) is 5.26 Å². The molecule has 0 saturated carbocycles. The van der Waals surface area contributed by atoms with Gasteiger partial charge in [0.15, 0.2) is 0 Å². The molecule has 3 heteroatoms. The summed E-state index contributed by atoms with van der Waals surface area (Å²) in [5, 5.41) is 7.10. The van der Waals surface area contributed by atoms with E-state index in [2.05, 4.69) is 36.0 Å². The second-order valence-corrected chi connectivity index (χ2v) is 2.81. The second-order valence-electron chi connectivity index (χ2n) is 2.81. The van der Waals surface area contributed by atoms with Gasteiger partial charge in [0.2, 0.25) is 7.85 Å². The fraction of sp³-hybridized carbons (Fsp3) is 0.800. The number of nitriles is 1. The summed E-state index contributed by atoms with van der Waals surface area (Å²) in [6.45, 7) is 0. The highest BCUT2D eigenvalue weighted by Crippen LogP contribution is 1.73. The second kappa shape index (κ2) is 4.67. The lowest BCUT2D eigenvalue weighted by Gasteiger charge is -2.14. The Morgan fingerprint density at radius 2 is 1.25 bits per heavy atom. The minimum atomic E-state index is 1.00. The first-order valence-electron chi connectivity index (χ1n) is 2.30. The van der Waals surface area contributed by atoms with Gasteiger partial charge in [-0.2, -0.15) is 0 Å². The highest BCUT2D eigenvalue weighted by atomic mass is 15.2. The van der Waals surface area contributed by atoms with Gasteiger partial charge in [-0.15, -0.1) is 0 Å². The molecule has 8 heavy (non-hydrogen) atoms. The predicted octanol–water partition coefficient (Wildman–Crippen LogP) is -0.0416. The van der Waals surface area contributed by atoms with Crippen molar-refractivity contribution in [1.82, 2.24) is 0 Å². The van der Waals surface area contributed by atoms with Crippen LogP contribution >= 0.6 is 0 Å². The summed E-state index contributed by atoms with van der Waals surface area (Å²) in [5.74, 6) is 1.25. The maximum absolute atomic E-state index is 7.10. The number of nitrogens with zero attached hydrogens (tertiary/aromatic N) is 2. The summed E-state index contributed by atoms with van der Waals surface area (Å²) < 4.78 is 1.00. The minimum Gasteiger partial charge on any atom is -0.333 e. The molecule has 2 nitrogen and oxygen atoms in total. The molecule has 44 valence electrons. The molecule has 0 spiro atoms. The lowest BCUT2D eigenvalue weighted by molar-refractivity contribution is -0.849. The van der Waals surface area contributed by atoms with Gasteiger partial charge in [-0.3, -0.25) is 0 Å². The molecule has 0 aliphatic carbocycles. The summed E-state index contributed by atoms with van der Waals surface area (Å²) in [6.07, 6.45) is 0. The van der Waals surface area contributed by atoms with Gasteiger partial charge < -0.3 is 4.48 Å². The van der Waals surface area contributed by atoms with Crippen LogP contribution in [0.2, 0.25) is 0 Å². The Kier molecular flexibility index (Phi) is 6.12. The fourth-order valence-electron chi connectivity index (χ4n) is 0. The van der Waals surface area contributed by atoms with E-state index < -0.39 is 0 Å². The maximum atomic E-state index is 7.10. The molecule has 0 unspecified atom stereocenters. The van der Waals surface area contributed by atoms with E-state index in [0.717, 1.165) is 4.48 Å². The average molecular weight is 111 g/mol. The molecule has 0 rings (SSSR count). The molecular weight excluding hydrogens is 98.9 g/mol. The Morgan fingerprint density at radius 1 is 1.25 bits per heavy atom. The summed E-state index contributed by atoms with van der Waals surface area (Å²) in [5.41, 5.74) is 0. The molecule has 0 aliphatic rings. The molecular formula is C5H12BN2+. The number of rotatable bonds is 0. The van der Waals surface area contributed by atoms with Crippen molar-refractivity contribution < 1.29 is 4.48 Å². The van der Waals surface area contributed by atoms with Crippen molar-refractivity contribution >= 4 is 7.85 Å². The van der Waals surface area contributed by atoms with Crippen molar-refractivity contribution in [3.8, 4) is 5.97 Å². The fourth-order valence-corrected chi connectivity index (χ4v) is 0. The van der Waals surface area contributed by atoms with Crippen LogP contribution in [0.4, 0.5) is 0 Å². The van der Waals surface area contributed by atoms with Crippen molar-refractivity contribution in [3.05, 3.63) is 0 Å². The Labute approximate surface area is 52.7 Å². The molecule has 0 fully saturated rings. The predicted molar refractivity (Wildman–Crippen MR) is 35.3 cm³/mol. The molecule has 0 aromatic heterocycles. The zero-order chi connectivity index (χ0) is 7.21. The molecule has 0 saturated heterocycles. The zero-order valence-corrected chi connectivity index (χ0v) is 5.97. The minimum absolute atomic E-state index is 1.00. The molecule has 0 aromatic carbocycles. The molecule has 0 bridgehead atoms. The van der Waals surface area contributed by atoms with E-state index in [1.807, 2.05) is 0 Å². The first-order valence-corrected chi connectivity index (χ1v) is 2.30. The van der Waals surface area contributed by atoms with Gasteiger partial charge in [0.25, 0.3) is 0 Å². The topological polar surface area (TPSA) is 23.8 Å². The van der Waals surface area contributed by atoms with Crippen molar-refractivity contribution in [2.75, 3.05) is 28.2 Å². The molecule has 0 aromatic rings. The van der Waals surface area contributed by atoms with E-state index in [0.29, 0.717) is 0 Å². The first kappa shape index (κ1) is 10.5. The molecule has 0 heterocycles. The average Bonchev–Trinajstić information content (AvgIpc) is 1.27. The Bertz CT molecular complexity index is 71.4. The van der Waals surface area contributed by atoms with Gasteiger partial charge in [-0.25, -0.2) is 5.26 Å². The van der Waals surface area contributed by atoms with Crippen LogP contribution < -0.4 is 0 Å². The number of hydrogen-bond donors (Lipinski definition) is 0. The zero-order valence-electron chi connectivity index (χ0n) is 5.97. The van der Waals surface area contributed by atoms with E-state index in [4.69, 9.17) is 5.26 Å². The van der Waals surface area contributed by atoms with Crippen LogP contribution in [-0.2, 0) is 0 Å². The molecule has 0 atom stereocenters. The normalized spacial score (nSPS) is 8.38. The number of quaternary nitrogens is 1. The Balaban J connectivity index is 0. The summed E-state index contributed by atoms with van der Waals surface area (Å²) in [7, 11) is 12.7. The van der Waals surface area contributed by atoms with Crippen molar-refractivity contribution in [2.24, 2.45) is 0 Å². The van der Waals surface area contributed by atoms with Gasteiger partial charge >= 0.3 is 0 Å². The van der Waals surface area contributed by atoms with E-state index in [-0.39, 0.29) is 0 Å². The Morgan fingerprint density at radius 3 is 1.25 bits per heavy atom. The third-order valence-electron chi connectivity index (χ3n) is 0. The van der Waals surface area contributed by atoms with E-state index in [1.165, 1.54) is 5.97 Å². The molecule has 2 radical (unpaired) electrons. The molecule has 0 N–H and O–H groups in total. The monoisotopic (exact) mass is 111 g/mol. The summed E-state index contributed by atoms with van der Waals surface area (Å²) in [4.78, 5) is 0. The maximum Gasteiger partial charge on any atom is 0.229 e. The molecule has 0 aliphatic heterocycles. The largest absolute Gasteiger partial charge is 0.333 e. The van der Waals surface area contributed by atoms with Crippen LogP contribution in [0.3, 0.4) is 0 Å². The van der Waals surface area contributed by atoms with Gasteiger partial charge in [0.05, 0.1) is 28.2 Å². The van der Waals surface area contributed by atoms with Crippen LogP contribution in [0, 0.1) is 11.2 Å². The SMILES string of the molecule is C[N+](C)(C)C.[B]C#N. The van der Waals surface area contributed by atoms with Gasteiger partial charge in [0.1, 0.15) is 0 Å². The smallest absolute Gasteiger partial charge is 0.229 e. The van der Waals surface area contributed by atoms with Crippen LogP contribution in [-0.4, -0.2) is 40.5 Å². The lowest BCUT2D eigenvalue weighted by Crippen LogP contribution is -2.27. The highest BCUT2D eigenvalue weighted by molar-refractivity contribution is 6.20. The van der Waals surface area contributed by atoms with E-state index >= 15 is 0 Å².